The molecule has 2 aromatic rings. The van der Waals surface area contributed by atoms with Gasteiger partial charge >= 0.3 is 0 Å². The van der Waals surface area contributed by atoms with Crippen LogP contribution in [-0.4, -0.2) is 61.7 Å². The first-order chi connectivity index (χ1) is 17.4. The summed E-state index contributed by atoms with van der Waals surface area (Å²) >= 11 is 0. The molecule has 2 aliphatic rings. The average molecular weight is 498 g/mol. The summed E-state index contributed by atoms with van der Waals surface area (Å²) < 4.78 is 27.6. The Hall–Kier alpha value is -2.81. The Morgan fingerprint density at radius 2 is 2.06 bits per heavy atom. The van der Waals surface area contributed by atoms with Crippen LogP contribution >= 0.6 is 0 Å². The summed E-state index contributed by atoms with van der Waals surface area (Å²) in [6.07, 6.45) is 1.03. The Morgan fingerprint density at radius 1 is 1.25 bits per heavy atom. The number of hydrogen-bond acceptors (Lipinski definition) is 5. The van der Waals surface area contributed by atoms with Crippen LogP contribution in [0.1, 0.15) is 43.4 Å². The van der Waals surface area contributed by atoms with Gasteiger partial charge in [-0.3, -0.25) is 9.59 Å². The summed E-state index contributed by atoms with van der Waals surface area (Å²) in [6, 6.07) is 12.5. The van der Waals surface area contributed by atoms with Crippen LogP contribution in [-0.2, 0) is 19.1 Å². The van der Waals surface area contributed by atoms with E-state index in [-0.39, 0.29) is 36.2 Å². The predicted octanol–water partition coefficient (Wildman–Crippen LogP) is 3.35. The summed E-state index contributed by atoms with van der Waals surface area (Å²) in [4.78, 5) is 27.3. The van der Waals surface area contributed by atoms with Crippen LogP contribution in [0.4, 0.5) is 4.39 Å². The van der Waals surface area contributed by atoms with Crippen molar-refractivity contribution in [2.45, 2.75) is 51.4 Å². The zero-order valence-electron chi connectivity index (χ0n) is 21.0. The molecule has 1 saturated carbocycles. The third-order valence-electron chi connectivity index (χ3n) is 6.99. The molecule has 3 N–H and O–H groups in total. The lowest BCUT2D eigenvalue weighted by Gasteiger charge is -2.38. The highest BCUT2D eigenvalue weighted by atomic mass is 19.1. The molecule has 0 radical (unpaired) electrons. The van der Waals surface area contributed by atoms with Gasteiger partial charge in [0, 0.05) is 37.2 Å². The summed E-state index contributed by atoms with van der Waals surface area (Å²) in [5, 5.41) is 2.73. The Bertz CT molecular complexity index is 1080. The van der Waals surface area contributed by atoms with Gasteiger partial charge in [-0.05, 0) is 50.3 Å². The summed E-state index contributed by atoms with van der Waals surface area (Å²) in [5.41, 5.74) is 8.77. The summed E-state index contributed by atoms with van der Waals surface area (Å²) in [6.45, 7) is 5.19. The standard InChI is InChI=1S/C28H36FN3O4/c1-3-31-25(33)17-36-27(22-8-5-9-23(29)26(22)19-7-4-6-18(2)14-19)24-16-32(12-13-35-24)28(34)20-10-11-21(30)15-20/h4-9,14,20-21,24,27H,3,10-13,15-17,30H2,1-2H3,(H,31,33)/t20-,21+,24?,27+/m1/s1. The van der Waals surface area contributed by atoms with Gasteiger partial charge in [0.15, 0.2) is 0 Å². The number of likely N-dealkylation sites (N-methyl/N-ethyl adjacent to an activating group) is 1. The molecule has 2 aromatic carbocycles. The summed E-state index contributed by atoms with van der Waals surface area (Å²) in [5.74, 6) is -0.643. The number of carbonyl (C=O) groups excluding carboxylic acids is 2. The van der Waals surface area contributed by atoms with E-state index >= 15 is 4.39 Å². The molecule has 0 aromatic heterocycles. The highest BCUT2D eigenvalue weighted by molar-refractivity contribution is 5.79. The van der Waals surface area contributed by atoms with E-state index in [2.05, 4.69) is 5.32 Å². The number of nitrogens with zero attached hydrogens (tertiary/aromatic N) is 1. The molecule has 1 heterocycles. The van der Waals surface area contributed by atoms with E-state index < -0.39 is 12.2 Å². The lowest BCUT2D eigenvalue weighted by molar-refractivity contribution is -0.155. The van der Waals surface area contributed by atoms with E-state index in [1.807, 2.05) is 49.1 Å². The maximum Gasteiger partial charge on any atom is 0.246 e. The van der Waals surface area contributed by atoms with Crippen molar-refractivity contribution in [1.82, 2.24) is 10.2 Å². The predicted molar refractivity (Wildman–Crippen MR) is 136 cm³/mol. The van der Waals surface area contributed by atoms with Gasteiger partial charge in [-0.25, -0.2) is 4.39 Å². The van der Waals surface area contributed by atoms with Crippen molar-refractivity contribution >= 4 is 11.8 Å². The van der Waals surface area contributed by atoms with Crippen molar-refractivity contribution in [3.8, 4) is 11.1 Å². The largest absolute Gasteiger partial charge is 0.371 e. The molecule has 1 saturated heterocycles. The molecule has 2 amide bonds. The number of carbonyl (C=O) groups is 2. The topological polar surface area (TPSA) is 93.9 Å². The fraction of sp³-hybridized carbons (Fsp3) is 0.500. The molecule has 0 spiro atoms. The van der Waals surface area contributed by atoms with Crippen LogP contribution < -0.4 is 11.1 Å². The van der Waals surface area contributed by atoms with Crippen molar-refractivity contribution < 1.29 is 23.5 Å². The minimum Gasteiger partial charge on any atom is -0.371 e. The number of halogens is 1. The van der Waals surface area contributed by atoms with E-state index in [1.54, 1.807) is 6.07 Å². The van der Waals surface area contributed by atoms with Crippen LogP contribution in [0.25, 0.3) is 11.1 Å². The van der Waals surface area contributed by atoms with Crippen LogP contribution in [0, 0.1) is 18.7 Å². The third-order valence-corrected chi connectivity index (χ3v) is 6.99. The zero-order valence-corrected chi connectivity index (χ0v) is 21.0. The Kier molecular flexibility index (Phi) is 8.72. The monoisotopic (exact) mass is 497 g/mol. The highest BCUT2D eigenvalue weighted by Crippen LogP contribution is 2.37. The minimum atomic E-state index is -0.750. The molecule has 0 bridgehead atoms. The highest BCUT2D eigenvalue weighted by Gasteiger charge is 2.37. The number of rotatable bonds is 8. The quantitative estimate of drug-likeness (QED) is 0.584. The van der Waals surface area contributed by atoms with E-state index in [1.165, 1.54) is 6.07 Å². The van der Waals surface area contributed by atoms with Gasteiger partial charge in [0.1, 0.15) is 24.6 Å². The first-order valence-corrected chi connectivity index (χ1v) is 12.8. The van der Waals surface area contributed by atoms with E-state index in [0.717, 1.165) is 24.0 Å². The van der Waals surface area contributed by atoms with Crippen LogP contribution in [0.5, 0.6) is 0 Å². The third kappa shape index (κ3) is 6.11. The van der Waals surface area contributed by atoms with Gasteiger partial charge in [-0.1, -0.05) is 42.0 Å². The second-order valence-electron chi connectivity index (χ2n) is 9.72. The number of hydrogen-bond donors (Lipinski definition) is 2. The number of benzene rings is 2. The Labute approximate surface area is 212 Å². The van der Waals surface area contributed by atoms with E-state index in [9.17, 15) is 9.59 Å². The molecule has 1 unspecified atom stereocenters. The second-order valence-corrected chi connectivity index (χ2v) is 9.72. The van der Waals surface area contributed by atoms with Crippen molar-refractivity contribution in [3.63, 3.8) is 0 Å². The smallest absolute Gasteiger partial charge is 0.246 e. The molecule has 4 rings (SSSR count). The van der Waals surface area contributed by atoms with Crippen LogP contribution in [0.2, 0.25) is 0 Å². The zero-order chi connectivity index (χ0) is 25.7. The lowest BCUT2D eigenvalue weighted by atomic mass is 9.91. The SMILES string of the molecule is CCNC(=O)CO[C@@H](c1cccc(F)c1-c1cccc(C)c1)C1CN(C(=O)[C@@H]2CC[C@H](N)C2)CCO1. The maximum atomic E-state index is 15.3. The molecule has 194 valence electrons. The first-order valence-electron chi connectivity index (χ1n) is 12.8. The number of amides is 2. The molecule has 2 fully saturated rings. The molecule has 4 atom stereocenters. The lowest BCUT2D eigenvalue weighted by Crippen LogP contribution is -2.50. The number of nitrogens with two attached hydrogens (primary N) is 1. The van der Waals surface area contributed by atoms with Gasteiger partial charge < -0.3 is 25.4 Å². The normalized spacial score (nSPS) is 22.9. The molecule has 1 aliphatic carbocycles. The van der Waals surface area contributed by atoms with Crippen molar-refractivity contribution in [1.29, 1.82) is 0 Å². The molecule has 36 heavy (non-hydrogen) atoms. The number of nitrogens with one attached hydrogen (secondary N) is 1. The van der Waals surface area contributed by atoms with Gasteiger partial charge in [0.05, 0.1) is 6.61 Å². The molecule has 7 nitrogen and oxygen atoms in total. The number of ether oxygens (including phenoxy) is 2. The minimum absolute atomic E-state index is 0.0631. The van der Waals surface area contributed by atoms with Gasteiger partial charge in [0.25, 0.3) is 0 Å². The average Bonchev–Trinajstić information content (AvgIpc) is 3.30. The van der Waals surface area contributed by atoms with Gasteiger partial charge in [-0.15, -0.1) is 0 Å². The van der Waals surface area contributed by atoms with Crippen LogP contribution in [0.15, 0.2) is 42.5 Å². The Balaban J connectivity index is 1.65. The van der Waals surface area contributed by atoms with E-state index in [0.29, 0.717) is 43.8 Å². The fourth-order valence-corrected chi connectivity index (χ4v) is 5.25. The number of aryl methyl sites for hydroxylation is 1. The summed E-state index contributed by atoms with van der Waals surface area (Å²) in [7, 11) is 0. The molecule has 1 aliphatic heterocycles. The van der Waals surface area contributed by atoms with Gasteiger partial charge in [0.2, 0.25) is 11.8 Å². The van der Waals surface area contributed by atoms with Crippen molar-refractivity contribution in [3.05, 3.63) is 59.4 Å². The number of morpholine rings is 1. The molecular formula is C28H36FN3O4. The molecule has 8 heteroatoms. The fourth-order valence-electron chi connectivity index (χ4n) is 5.25. The molecular weight excluding hydrogens is 461 g/mol. The van der Waals surface area contributed by atoms with Crippen LogP contribution in [0.3, 0.4) is 0 Å². The van der Waals surface area contributed by atoms with Crippen molar-refractivity contribution in [2.24, 2.45) is 11.7 Å². The Morgan fingerprint density at radius 3 is 2.78 bits per heavy atom. The first kappa shape index (κ1) is 26.3. The van der Waals surface area contributed by atoms with Crippen molar-refractivity contribution in [2.75, 3.05) is 32.8 Å². The second kappa shape index (κ2) is 12.0. The van der Waals surface area contributed by atoms with E-state index in [4.69, 9.17) is 15.2 Å². The van der Waals surface area contributed by atoms with Gasteiger partial charge in [-0.2, -0.15) is 0 Å². The maximum absolute atomic E-state index is 15.3.